The molecule has 0 aromatic heterocycles. The van der Waals surface area contributed by atoms with Gasteiger partial charge in [-0.05, 0) is 22.6 Å². The molecule has 1 unspecified atom stereocenters. The maximum atomic E-state index is 12.0. The average Bonchev–Trinajstić information content (AvgIpc) is 2.39. The Morgan fingerprint density at radius 2 is 1.78 bits per heavy atom. The van der Waals surface area contributed by atoms with E-state index in [0.717, 1.165) is 23.8 Å². The molecule has 0 radical (unpaired) electrons. The van der Waals surface area contributed by atoms with Crippen LogP contribution in [-0.4, -0.2) is 9.96 Å². The fraction of sp³-hybridized carbons (Fsp3) is 0.267. The monoisotopic (exact) mass is 250 g/mol. The zero-order valence-corrected chi connectivity index (χ0v) is 11.5. The van der Waals surface area contributed by atoms with E-state index in [1.165, 1.54) is 22.8 Å². The van der Waals surface area contributed by atoms with Gasteiger partial charge in [-0.3, -0.25) is 4.21 Å². The quantitative estimate of drug-likeness (QED) is 0.537. The maximum Gasteiger partial charge on any atom is 1.00 e. The molecule has 0 N–H and O–H groups in total. The van der Waals surface area contributed by atoms with Gasteiger partial charge in [0.05, 0.1) is 0 Å². The Kier molecular flexibility index (Phi) is 4.56. The third-order valence-corrected chi connectivity index (χ3v) is 4.98. The number of rotatable bonds is 1. The molecule has 18 heavy (non-hydrogen) atoms. The third-order valence-electron chi connectivity index (χ3n) is 3.33. The van der Waals surface area contributed by atoms with Crippen molar-refractivity contribution < 1.29 is 23.1 Å². The number of hydrogen-bond donors (Lipinski definition) is 0. The van der Waals surface area contributed by atoms with Crippen molar-refractivity contribution in [2.24, 2.45) is 0 Å². The summed E-state index contributed by atoms with van der Waals surface area (Å²) in [5, 5.41) is 3.63. The molecular weight excluding hydrogens is 235 g/mol. The van der Waals surface area contributed by atoms with Crippen LogP contribution in [0.5, 0.6) is 0 Å². The van der Waals surface area contributed by atoms with Gasteiger partial charge in [0.25, 0.3) is 0 Å². The Balaban J connectivity index is 0.00000120. The summed E-state index contributed by atoms with van der Waals surface area (Å²) >= 11 is 0. The van der Waals surface area contributed by atoms with E-state index in [9.17, 15) is 4.21 Å². The zero-order chi connectivity index (χ0) is 11.7. The fourth-order valence-corrected chi connectivity index (χ4v) is 3.87. The molecule has 3 rings (SSSR count). The van der Waals surface area contributed by atoms with Gasteiger partial charge in [0, 0.05) is 5.75 Å². The first-order chi connectivity index (χ1) is 8.34. The number of fused-ring (bicyclic) bond motifs is 1. The minimum Gasteiger partial charge on any atom is -0.268 e. The Bertz CT molecular complexity index is 567. The summed E-state index contributed by atoms with van der Waals surface area (Å²) in [5.41, 5.74) is 1.17. The van der Waals surface area contributed by atoms with E-state index in [2.05, 4.69) is 36.4 Å². The summed E-state index contributed by atoms with van der Waals surface area (Å²) < 4.78 is 12.0. The second-order valence-electron chi connectivity index (χ2n) is 4.49. The van der Waals surface area contributed by atoms with Crippen LogP contribution in [0.4, 0.5) is 0 Å². The Morgan fingerprint density at radius 1 is 1.00 bits per heavy atom. The van der Waals surface area contributed by atoms with Crippen molar-refractivity contribution >= 4 is 21.6 Å². The molecule has 1 fully saturated rings. The molecule has 1 saturated heterocycles. The van der Waals surface area contributed by atoms with Crippen LogP contribution in [0, 0.1) is 5.25 Å². The first kappa shape index (κ1) is 13.7. The summed E-state index contributed by atoms with van der Waals surface area (Å²) in [6.07, 6.45) is 3.27. The minimum absolute atomic E-state index is 0. The molecule has 1 nitrogen and oxygen atoms in total. The van der Waals surface area contributed by atoms with Crippen LogP contribution in [0.2, 0.25) is 0 Å². The van der Waals surface area contributed by atoms with Crippen LogP contribution in [0.1, 0.15) is 24.8 Å². The normalized spacial score (nSPS) is 19.6. The van der Waals surface area contributed by atoms with Crippen LogP contribution in [0.15, 0.2) is 42.5 Å². The van der Waals surface area contributed by atoms with E-state index in [1.54, 1.807) is 0 Å². The SMILES string of the molecule is O=S1CCCC[C-]1c1ccc2ccccc2c1.[Li+]. The van der Waals surface area contributed by atoms with Gasteiger partial charge in [0.2, 0.25) is 0 Å². The van der Waals surface area contributed by atoms with Gasteiger partial charge in [-0.1, -0.05) is 47.7 Å². The van der Waals surface area contributed by atoms with Gasteiger partial charge in [-0.2, -0.15) is 17.7 Å². The van der Waals surface area contributed by atoms with Gasteiger partial charge in [0.1, 0.15) is 0 Å². The van der Waals surface area contributed by atoms with Crippen LogP contribution in [0.25, 0.3) is 10.8 Å². The summed E-state index contributed by atoms with van der Waals surface area (Å²) in [4.78, 5) is 0. The molecule has 0 bridgehead atoms. The van der Waals surface area contributed by atoms with Crippen molar-refractivity contribution in [1.82, 2.24) is 0 Å². The van der Waals surface area contributed by atoms with Gasteiger partial charge < -0.3 is 0 Å². The van der Waals surface area contributed by atoms with E-state index < -0.39 is 10.8 Å². The molecule has 88 valence electrons. The predicted molar refractivity (Wildman–Crippen MR) is 73.2 cm³/mol. The average molecular weight is 250 g/mol. The summed E-state index contributed by atoms with van der Waals surface area (Å²) in [6.45, 7) is 0. The molecule has 2 aromatic rings. The van der Waals surface area contributed by atoms with Gasteiger partial charge >= 0.3 is 18.9 Å². The molecule has 0 amide bonds. The van der Waals surface area contributed by atoms with Crippen LogP contribution in [0.3, 0.4) is 0 Å². The number of benzene rings is 2. The molecule has 0 spiro atoms. The van der Waals surface area contributed by atoms with E-state index in [-0.39, 0.29) is 18.9 Å². The molecule has 1 atom stereocenters. The molecule has 1 aliphatic rings. The van der Waals surface area contributed by atoms with Gasteiger partial charge in [-0.15, -0.1) is 6.07 Å². The molecule has 3 heteroatoms. The zero-order valence-electron chi connectivity index (χ0n) is 10.7. The molecule has 1 heterocycles. The van der Waals surface area contributed by atoms with Crippen molar-refractivity contribution in [3.05, 3.63) is 53.3 Å². The fourth-order valence-electron chi connectivity index (χ4n) is 2.39. The van der Waals surface area contributed by atoms with Crippen LogP contribution < -0.4 is 18.9 Å². The van der Waals surface area contributed by atoms with Crippen LogP contribution >= 0.6 is 0 Å². The largest absolute Gasteiger partial charge is 1.00 e. The smallest absolute Gasteiger partial charge is 0.268 e. The predicted octanol–water partition coefficient (Wildman–Crippen LogP) is 0.656. The van der Waals surface area contributed by atoms with Crippen molar-refractivity contribution in [3.63, 3.8) is 0 Å². The topological polar surface area (TPSA) is 17.1 Å². The van der Waals surface area contributed by atoms with E-state index in [0.29, 0.717) is 0 Å². The summed E-state index contributed by atoms with van der Waals surface area (Å²) in [5.74, 6) is 0.835. The van der Waals surface area contributed by atoms with Crippen molar-refractivity contribution in [1.29, 1.82) is 0 Å². The Morgan fingerprint density at radius 3 is 2.56 bits per heavy atom. The summed E-state index contributed by atoms with van der Waals surface area (Å²) in [6, 6.07) is 14.7. The molecule has 0 saturated carbocycles. The number of hydrogen-bond acceptors (Lipinski definition) is 1. The molecule has 2 aromatic carbocycles. The third kappa shape index (κ3) is 2.67. The van der Waals surface area contributed by atoms with Gasteiger partial charge in [0.15, 0.2) is 0 Å². The van der Waals surface area contributed by atoms with Gasteiger partial charge in [-0.25, -0.2) is 0 Å². The van der Waals surface area contributed by atoms with Crippen molar-refractivity contribution in [3.8, 4) is 0 Å². The Labute approximate surface area is 123 Å². The van der Waals surface area contributed by atoms with Crippen molar-refractivity contribution in [2.45, 2.75) is 19.3 Å². The molecular formula is C15H15LiOS. The Hall–Kier alpha value is -0.683. The van der Waals surface area contributed by atoms with E-state index in [1.807, 2.05) is 6.07 Å². The minimum atomic E-state index is -0.755. The second kappa shape index (κ2) is 5.97. The van der Waals surface area contributed by atoms with Crippen LogP contribution in [-0.2, 0) is 10.8 Å². The first-order valence-electron chi connectivity index (χ1n) is 6.08. The summed E-state index contributed by atoms with van der Waals surface area (Å²) in [7, 11) is -0.755. The molecule has 0 aliphatic carbocycles. The van der Waals surface area contributed by atoms with E-state index >= 15 is 0 Å². The van der Waals surface area contributed by atoms with E-state index in [4.69, 9.17) is 0 Å². The first-order valence-corrected chi connectivity index (χ1v) is 7.40. The standard InChI is InChI=1S/C15H15OS.Li/c16-17-10-4-3-7-15(17)14-9-8-12-5-1-2-6-13(12)11-14;/h1-2,5-6,8-9,11H,3-4,7,10H2;/q-1;+1. The molecule has 1 aliphatic heterocycles. The van der Waals surface area contributed by atoms with Crippen molar-refractivity contribution in [2.75, 3.05) is 5.75 Å². The maximum absolute atomic E-state index is 12.0. The second-order valence-corrected chi connectivity index (χ2v) is 6.08.